The van der Waals surface area contributed by atoms with E-state index in [1.54, 1.807) is 0 Å². The molecule has 0 bridgehead atoms. The topological polar surface area (TPSA) is 17.1 Å². The van der Waals surface area contributed by atoms with E-state index in [9.17, 15) is 9.18 Å². The summed E-state index contributed by atoms with van der Waals surface area (Å²) in [7, 11) is 0. The average Bonchev–Trinajstić information content (AvgIpc) is 2.39. The van der Waals surface area contributed by atoms with Gasteiger partial charge in [0.15, 0.2) is 5.78 Å². The molecule has 1 unspecified atom stereocenters. The molecule has 18 heavy (non-hydrogen) atoms. The van der Waals surface area contributed by atoms with Crippen molar-refractivity contribution in [2.75, 3.05) is 0 Å². The Morgan fingerprint density at radius 3 is 2.11 bits per heavy atom. The molecule has 2 rings (SSSR count). The minimum atomic E-state index is -0.325. The molecule has 2 aromatic rings. The number of aryl methyl sites for hydroxylation is 1. The molecule has 0 spiro atoms. The van der Waals surface area contributed by atoms with E-state index < -0.39 is 0 Å². The highest BCUT2D eigenvalue weighted by molar-refractivity contribution is 6.00. The highest BCUT2D eigenvalue weighted by Gasteiger charge is 2.16. The molecule has 1 nitrogen and oxygen atoms in total. The van der Waals surface area contributed by atoms with Gasteiger partial charge in [-0.05, 0) is 36.8 Å². The molecule has 0 saturated carbocycles. The van der Waals surface area contributed by atoms with Crippen molar-refractivity contribution in [2.24, 2.45) is 0 Å². The molecule has 0 heterocycles. The zero-order chi connectivity index (χ0) is 13.1. The Morgan fingerprint density at radius 1 is 1.00 bits per heavy atom. The summed E-state index contributed by atoms with van der Waals surface area (Å²) in [6.07, 6.45) is 0. The molecule has 0 amide bonds. The molecule has 0 fully saturated rings. The normalized spacial score (nSPS) is 12.2. The van der Waals surface area contributed by atoms with Crippen LogP contribution in [0.5, 0.6) is 0 Å². The lowest BCUT2D eigenvalue weighted by Crippen LogP contribution is -2.09. The van der Waals surface area contributed by atoms with E-state index in [1.165, 1.54) is 29.8 Å². The molecular formula is C16H15FO. The molecule has 0 N–H and O–H groups in total. The molecule has 2 aromatic carbocycles. The van der Waals surface area contributed by atoms with E-state index in [-0.39, 0.29) is 17.5 Å². The highest BCUT2D eigenvalue weighted by atomic mass is 19.1. The smallest absolute Gasteiger partial charge is 0.170 e. The molecule has 92 valence electrons. The maximum Gasteiger partial charge on any atom is 0.170 e. The largest absolute Gasteiger partial charge is 0.294 e. The van der Waals surface area contributed by atoms with Crippen molar-refractivity contribution in [1.82, 2.24) is 0 Å². The van der Waals surface area contributed by atoms with Gasteiger partial charge in [0, 0.05) is 11.5 Å². The maximum atomic E-state index is 12.8. The molecule has 1 atom stereocenters. The van der Waals surface area contributed by atoms with Crippen molar-refractivity contribution < 1.29 is 9.18 Å². The standard InChI is InChI=1S/C16H15FO/c1-11-3-5-13(6-4-11)12(2)16(18)14-7-9-15(17)10-8-14/h3-10,12H,1-2H3. The van der Waals surface area contributed by atoms with Crippen molar-refractivity contribution in [2.45, 2.75) is 19.8 Å². The predicted octanol–water partition coefficient (Wildman–Crippen LogP) is 4.12. The van der Waals surface area contributed by atoms with Crippen LogP contribution in [-0.4, -0.2) is 5.78 Å². The molecule has 0 aliphatic carbocycles. The maximum absolute atomic E-state index is 12.8. The third-order valence-electron chi connectivity index (χ3n) is 3.10. The van der Waals surface area contributed by atoms with Crippen LogP contribution in [0, 0.1) is 12.7 Å². The third-order valence-corrected chi connectivity index (χ3v) is 3.10. The Morgan fingerprint density at radius 2 is 1.56 bits per heavy atom. The summed E-state index contributed by atoms with van der Waals surface area (Å²) < 4.78 is 12.8. The first-order valence-electron chi connectivity index (χ1n) is 5.94. The zero-order valence-electron chi connectivity index (χ0n) is 10.5. The molecule has 0 radical (unpaired) electrons. The first-order chi connectivity index (χ1) is 8.58. The van der Waals surface area contributed by atoms with Gasteiger partial charge in [0.25, 0.3) is 0 Å². The van der Waals surface area contributed by atoms with E-state index in [0.29, 0.717) is 5.56 Å². The van der Waals surface area contributed by atoms with Gasteiger partial charge in [-0.1, -0.05) is 36.8 Å². The van der Waals surface area contributed by atoms with Crippen molar-refractivity contribution in [3.05, 3.63) is 71.0 Å². The number of ketones is 1. The van der Waals surface area contributed by atoms with Crippen molar-refractivity contribution in [1.29, 1.82) is 0 Å². The molecule has 2 heteroatoms. The molecular weight excluding hydrogens is 227 g/mol. The van der Waals surface area contributed by atoms with Crippen LogP contribution >= 0.6 is 0 Å². The third kappa shape index (κ3) is 2.65. The average molecular weight is 242 g/mol. The number of benzene rings is 2. The summed E-state index contributed by atoms with van der Waals surface area (Å²) in [5, 5.41) is 0. The van der Waals surface area contributed by atoms with Crippen LogP contribution in [0.4, 0.5) is 4.39 Å². The predicted molar refractivity (Wildman–Crippen MR) is 70.3 cm³/mol. The van der Waals surface area contributed by atoms with Gasteiger partial charge in [-0.2, -0.15) is 0 Å². The minimum Gasteiger partial charge on any atom is -0.294 e. The number of hydrogen-bond donors (Lipinski definition) is 0. The van der Waals surface area contributed by atoms with Gasteiger partial charge in [-0.15, -0.1) is 0 Å². The second-order valence-electron chi connectivity index (χ2n) is 4.50. The van der Waals surface area contributed by atoms with Gasteiger partial charge in [-0.3, -0.25) is 4.79 Å². The Kier molecular flexibility index (Phi) is 3.56. The monoisotopic (exact) mass is 242 g/mol. The Labute approximate surface area is 106 Å². The first-order valence-corrected chi connectivity index (χ1v) is 5.94. The number of Topliss-reactive ketones (excluding diaryl/α,β-unsaturated/α-hetero) is 1. The lowest BCUT2D eigenvalue weighted by molar-refractivity contribution is 0.0966. The van der Waals surface area contributed by atoms with Gasteiger partial charge in [0.05, 0.1) is 0 Å². The summed E-state index contributed by atoms with van der Waals surface area (Å²) in [5.41, 5.74) is 2.69. The second-order valence-corrected chi connectivity index (χ2v) is 4.50. The van der Waals surface area contributed by atoms with E-state index in [0.717, 1.165) is 5.56 Å². The fourth-order valence-corrected chi connectivity index (χ4v) is 1.87. The number of halogens is 1. The molecule has 0 aromatic heterocycles. The van der Waals surface area contributed by atoms with Gasteiger partial charge in [0.2, 0.25) is 0 Å². The molecule has 0 aliphatic heterocycles. The van der Waals surface area contributed by atoms with Gasteiger partial charge < -0.3 is 0 Å². The quantitative estimate of drug-likeness (QED) is 0.740. The van der Waals surface area contributed by atoms with Crippen LogP contribution in [0.15, 0.2) is 48.5 Å². The fraction of sp³-hybridized carbons (Fsp3) is 0.188. The van der Waals surface area contributed by atoms with Crippen LogP contribution in [0.2, 0.25) is 0 Å². The summed E-state index contributed by atoms with van der Waals surface area (Å²) >= 11 is 0. The van der Waals surface area contributed by atoms with Gasteiger partial charge in [-0.25, -0.2) is 4.39 Å². The highest BCUT2D eigenvalue weighted by Crippen LogP contribution is 2.21. The fourth-order valence-electron chi connectivity index (χ4n) is 1.87. The Hall–Kier alpha value is -1.96. The van der Waals surface area contributed by atoms with Crippen LogP contribution < -0.4 is 0 Å². The number of carbonyl (C=O) groups excluding carboxylic acids is 1. The zero-order valence-corrected chi connectivity index (χ0v) is 10.5. The lowest BCUT2D eigenvalue weighted by atomic mass is 9.92. The van der Waals surface area contributed by atoms with Gasteiger partial charge >= 0.3 is 0 Å². The Balaban J connectivity index is 2.23. The van der Waals surface area contributed by atoms with Crippen molar-refractivity contribution >= 4 is 5.78 Å². The van der Waals surface area contributed by atoms with Crippen LogP contribution in [0.1, 0.15) is 34.3 Å². The molecule has 0 aliphatic rings. The molecule has 0 saturated heterocycles. The van der Waals surface area contributed by atoms with Crippen molar-refractivity contribution in [3.63, 3.8) is 0 Å². The second kappa shape index (κ2) is 5.13. The van der Waals surface area contributed by atoms with Gasteiger partial charge in [0.1, 0.15) is 5.82 Å². The number of hydrogen-bond acceptors (Lipinski definition) is 1. The van der Waals surface area contributed by atoms with Crippen LogP contribution in [0.25, 0.3) is 0 Å². The van der Waals surface area contributed by atoms with E-state index in [1.807, 2.05) is 38.1 Å². The first kappa shape index (κ1) is 12.5. The lowest BCUT2D eigenvalue weighted by Gasteiger charge is -2.11. The number of carbonyl (C=O) groups is 1. The minimum absolute atomic E-state index is 0.0128. The van der Waals surface area contributed by atoms with Crippen molar-refractivity contribution in [3.8, 4) is 0 Å². The summed E-state index contributed by atoms with van der Waals surface area (Å²) in [5.74, 6) is -0.524. The van der Waals surface area contributed by atoms with Crippen LogP contribution in [0.3, 0.4) is 0 Å². The van der Waals surface area contributed by atoms with E-state index in [4.69, 9.17) is 0 Å². The summed E-state index contributed by atoms with van der Waals surface area (Å²) in [6.45, 7) is 3.88. The SMILES string of the molecule is Cc1ccc(C(C)C(=O)c2ccc(F)cc2)cc1. The number of rotatable bonds is 3. The summed E-state index contributed by atoms with van der Waals surface area (Å²) in [6, 6.07) is 13.6. The Bertz CT molecular complexity index is 540. The van der Waals surface area contributed by atoms with E-state index in [2.05, 4.69) is 0 Å². The van der Waals surface area contributed by atoms with E-state index >= 15 is 0 Å². The van der Waals surface area contributed by atoms with Crippen LogP contribution in [-0.2, 0) is 0 Å². The summed E-state index contributed by atoms with van der Waals surface area (Å²) in [4.78, 5) is 12.2.